The number of nitrogens with one attached hydrogen (secondary N) is 2. The predicted molar refractivity (Wildman–Crippen MR) is 88.5 cm³/mol. The highest BCUT2D eigenvalue weighted by Crippen LogP contribution is 2.24. The Balaban J connectivity index is 1.48. The lowest BCUT2D eigenvalue weighted by molar-refractivity contribution is -0.125. The minimum atomic E-state index is -0.162. The number of carbonyl (C=O) groups is 1. The normalized spacial score (nSPS) is 19.0. The summed E-state index contributed by atoms with van der Waals surface area (Å²) in [6, 6.07) is 7.94. The molecule has 0 bridgehead atoms. The minimum absolute atomic E-state index is 0.0615. The summed E-state index contributed by atoms with van der Waals surface area (Å²) in [5.41, 5.74) is 1.38. The van der Waals surface area contributed by atoms with Gasteiger partial charge in [0.2, 0.25) is 5.91 Å². The fourth-order valence-corrected chi connectivity index (χ4v) is 3.13. The molecule has 2 fully saturated rings. The van der Waals surface area contributed by atoms with Gasteiger partial charge in [-0.15, -0.1) is 0 Å². The lowest BCUT2D eigenvalue weighted by Gasteiger charge is -2.31. The van der Waals surface area contributed by atoms with Crippen molar-refractivity contribution >= 4 is 22.8 Å². The molecule has 0 atom stereocenters. The SMILES string of the molecule is O=C(NC1CC1)C1CCN(c2nc3ccccc3[nH]c2=O)CC1. The highest BCUT2D eigenvalue weighted by Gasteiger charge is 2.30. The summed E-state index contributed by atoms with van der Waals surface area (Å²) in [5, 5.41) is 3.07. The van der Waals surface area contributed by atoms with E-state index in [-0.39, 0.29) is 17.4 Å². The first kappa shape index (κ1) is 14.2. The summed E-state index contributed by atoms with van der Waals surface area (Å²) in [4.78, 5) is 33.8. The molecule has 2 heterocycles. The van der Waals surface area contributed by atoms with Crippen molar-refractivity contribution in [2.75, 3.05) is 18.0 Å². The van der Waals surface area contributed by atoms with Gasteiger partial charge in [-0.25, -0.2) is 4.98 Å². The number of rotatable bonds is 3. The van der Waals surface area contributed by atoms with Crippen LogP contribution in [0.1, 0.15) is 25.7 Å². The van der Waals surface area contributed by atoms with Gasteiger partial charge in [0.05, 0.1) is 11.0 Å². The van der Waals surface area contributed by atoms with Crippen LogP contribution in [0.4, 0.5) is 5.82 Å². The first-order valence-electron chi connectivity index (χ1n) is 8.25. The molecule has 23 heavy (non-hydrogen) atoms. The first-order valence-corrected chi connectivity index (χ1v) is 8.25. The number of H-pyrrole nitrogens is 1. The van der Waals surface area contributed by atoms with Crippen LogP contribution in [0.2, 0.25) is 0 Å². The third-order valence-electron chi connectivity index (χ3n) is 4.67. The first-order chi connectivity index (χ1) is 11.2. The Hall–Kier alpha value is -2.37. The summed E-state index contributed by atoms with van der Waals surface area (Å²) in [6.07, 6.45) is 3.76. The van der Waals surface area contributed by atoms with E-state index in [1.807, 2.05) is 29.2 Å². The van der Waals surface area contributed by atoms with Crippen LogP contribution in [0.5, 0.6) is 0 Å². The Morgan fingerprint density at radius 2 is 1.91 bits per heavy atom. The molecule has 120 valence electrons. The van der Waals surface area contributed by atoms with Gasteiger partial charge in [0.1, 0.15) is 0 Å². The van der Waals surface area contributed by atoms with E-state index in [4.69, 9.17) is 0 Å². The fourth-order valence-electron chi connectivity index (χ4n) is 3.13. The number of hydrogen-bond donors (Lipinski definition) is 2. The molecule has 2 aromatic rings. The molecule has 2 aliphatic rings. The van der Waals surface area contributed by atoms with Crippen LogP contribution in [0.15, 0.2) is 29.1 Å². The average Bonchev–Trinajstić information content (AvgIpc) is 3.38. The third-order valence-corrected chi connectivity index (χ3v) is 4.67. The van der Waals surface area contributed by atoms with Gasteiger partial charge in [-0.05, 0) is 37.8 Å². The summed E-state index contributed by atoms with van der Waals surface area (Å²) < 4.78 is 0. The zero-order valence-corrected chi connectivity index (χ0v) is 12.9. The van der Waals surface area contributed by atoms with E-state index in [2.05, 4.69) is 15.3 Å². The van der Waals surface area contributed by atoms with Crippen LogP contribution in [0.25, 0.3) is 11.0 Å². The number of anilines is 1. The molecule has 6 heteroatoms. The Morgan fingerprint density at radius 3 is 2.65 bits per heavy atom. The Kier molecular flexibility index (Phi) is 3.52. The van der Waals surface area contributed by atoms with E-state index in [0.29, 0.717) is 24.9 Å². The number of amides is 1. The number of carbonyl (C=O) groups excluding carboxylic acids is 1. The Morgan fingerprint density at radius 1 is 1.17 bits per heavy atom. The monoisotopic (exact) mass is 312 g/mol. The number of aromatic nitrogens is 2. The Labute approximate surface area is 133 Å². The van der Waals surface area contributed by atoms with Gasteiger partial charge in [-0.2, -0.15) is 0 Å². The van der Waals surface area contributed by atoms with Gasteiger partial charge in [0.15, 0.2) is 5.82 Å². The molecule has 4 rings (SSSR count). The second-order valence-electron chi connectivity index (χ2n) is 6.45. The fraction of sp³-hybridized carbons (Fsp3) is 0.471. The molecule has 6 nitrogen and oxygen atoms in total. The van der Waals surface area contributed by atoms with E-state index >= 15 is 0 Å². The molecule has 0 spiro atoms. The van der Waals surface area contributed by atoms with Crippen molar-refractivity contribution < 1.29 is 4.79 Å². The standard InChI is InChI=1S/C17H20N4O2/c22-16(18-12-5-6-12)11-7-9-21(10-8-11)15-17(23)20-14-4-2-1-3-13(14)19-15/h1-4,11-12H,5-10H2,(H,18,22)(H,20,23). The number of hydrogen-bond acceptors (Lipinski definition) is 4. The largest absolute Gasteiger partial charge is 0.353 e. The summed E-state index contributed by atoms with van der Waals surface area (Å²) in [5.74, 6) is 0.698. The average molecular weight is 312 g/mol. The summed E-state index contributed by atoms with van der Waals surface area (Å²) in [6.45, 7) is 1.38. The Bertz CT molecular complexity index is 789. The molecule has 0 unspecified atom stereocenters. The minimum Gasteiger partial charge on any atom is -0.353 e. The van der Waals surface area contributed by atoms with Crippen molar-refractivity contribution in [1.82, 2.24) is 15.3 Å². The third kappa shape index (κ3) is 2.93. The van der Waals surface area contributed by atoms with Crippen molar-refractivity contribution in [3.05, 3.63) is 34.6 Å². The van der Waals surface area contributed by atoms with Gasteiger partial charge in [-0.1, -0.05) is 12.1 Å². The topological polar surface area (TPSA) is 78.1 Å². The maximum atomic E-state index is 12.3. The molecule has 1 aliphatic carbocycles. The molecular formula is C17H20N4O2. The zero-order chi connectivity index (χ0) is 15.8. The van der Waals surface area contributed by atoms with E-state index in [1.165, 1.54) is 0 Å². The number of nitrogens with zero attached hydrogens (tertiary/aromatic N) is 2. The molecule has 1 aliphatic heterocycles. The van der Waals surface area contributed by atoms with E-state index in [0.717, 1.165) is 36.7 Å². The number of aromatic amines is 1. The second kappa shape index (κ2) is 5.68. The van der Waals surface area contributed by atoms with Crippen LogP contribution < -0.4 is 15.8 Å². The highest BCUT2D eigenvalue weighted by atomic mass is 16.2. The van der Waals surface area contributed by atoms with Gasteiger partial charge in [0.25, 0.3) is 5.56 Å². The van der Waals surface area contributed by atoms with E-state index in [9.17, 15) is 9.59 Å². The molecular weight excluding hydrogens is 292 g/mol. The van der Waals surface area contributed by atoms with Crippen LogP contribution >= 0.6 is 0 Å². The van der Waals surface area contributed by atoms with Crippen molar-refractivity contribution in [3.8, 4) is 0 Å². The van der Waals surface area contributed by atoms with Crippen molar-refractivity contribution in [2.24, 2.45) is 5.92 Å². The molecule has 2 N–H and O–H groups in total. The van der Waals surface area contributed by atoms with Crippen LogP contribution in [-0.4, -0.2) is 35.0 Å². The van der Waals surface area contributed by atoms with E-state index < -0.39 is 0 Å². The van der Waals surface area contributed by atoms with Crippen molar-refractivity contribution in [3.63, 3.8) is 0 Å². The van der Waals surface area contributed by atoms with E-state index in [1.54, 1.807) is 0 Å². The second-order valence-corrected chi connectivity index (χ2v) is 6.45. The van der Waals surface area contributed by atoms with Crippen molar-refractivity contribution in [2.45, 2.75) is 31.7 Å². The lowest BCUT2D eigenvalue weighted by Crippen LogP contribution is -2.43. The van der Waals surface area contributed by atoms with Crippen LogP contribution in [0, 0.1) is 5.92 Å². The maximum Gasteiger partial charge on any atom is 0.291 e. The molecule has 1 aromatic carbocycles. The number of benzene rings is 1. The molecule has 1 saturated heterocycles. The molecule has 1 saturated carbocycles. The molecule has 0 radical (unpaired) electrons. The zero-order valence-electron chi connectivity index (χ0n) is 12.9. The summed E-state index contributed by atoms with van der Waals surface area (Å²) >= 11 is 0. The number of para-hydroxylation sites is 2. The van der Waals surface area contributed by atoms with Crippen molar-refractivity contribution in [1.29, 1.82) is 0 Å². The van der Waals surface area contributed by atoms with Gasteiger partial charge >= 0.3 is 0 Å². The maximum absolute atomic E-state index is 12.3. The number of piperidine rings is 1. The predicted octanol–water partition coefficient (Wildman–Crippen LogP) is 1.42. The smallest absolute Gasteiger partial charge is 0.291 e. The van der Waals surface area contributed by atoms with Crippen LogP contribution in [-0.2, 0) is 4.79 Å². The van der Waals surface area contributed by atoms with Gasteiger partial charge in [-0.3, -0.25) is 9.59 Å². The molecule has 1 amide bonds. The van der Waals surface area contributed by atoms with Gasteiger partial charge in [0, 0.05) is 25.0 Å². The molecule has 1 aromatic heterocycles. The quantitative estimate of drug-likeness (QED) is 0.898. The highest BCUT2D eigenvalue weighted by molar-refractivity contribution is 5.79. The van der Waals surface area contributed by atoms with Crippen LogP contribution in [0.3, 0.4) is 0 Å². The number of fused-ring (bicyclic) bond motifs is 1. The lowest BCUT2D eigenvalue weighted by atomic mass is 9.96. The summed E-state index contributed by atoms with van der Waals surface area (Å²) in [7, 11) is 0. The van der Waals surface area contributed by atoms with Gasteiger partial charge < -0.3 is 15.2 Å².